The van der Waals surface area contributed by atoms with Crippen LogP contribution in [0.4, 0.5) is 0 Å². The molecule has 0 aliphatic heterocycles. The summed E-state index contributed by atoms with van der Waals surface area (Å²) in [5.74, 6) is -0.833. The van der Waals surface area contributed by atoms with Crippen LogP contribution in [0.15, 0.2) is 0 Å². The molecule has 0 saturated carbocycles. The van der Waals surface area contributed by atoms with Crippen LogP contribution in [0.25, 0.3) is 0 Å². The summed E-state index contributed by atoms with van der Waals surface area (Å²) in [6.07, 6.45) is 0. The molecule has 0 bridgehead atoms. The van der Waals surface area contributed by atoms with Crippen molar-refractivity contribution in [3.05, 3.63) is 0 Å². The quantitative estimate of drug-likeness (QED) is 0.612. The van der Waals surface area contributed by atoms with Crippen molar-refractivity contribution in [2.75, 3.05) is 0 Å². The van der Waals surface area contributed by atoms with Gasteiger partial charge in [0.15, 0.2) is 0 Å². The molecule has 0 aromatic heterocycles. The molecule has 0 aromatic rings. The summed E-state index contributed by atoms with van der Waals surface area (Å²) in [5.41, 5.74) is 0. The molecule has 3 nitrogen and oxygen atoms in total. The molecule has 0 amide bonds. The molecule has 4 heteroatoms. The van der Waals surface area contributed by atoms with Gasteiger partial charge in [-0.3, -0.25) is 4.79 Å². The van der Waals surface area contributed by atoms with Crippen LogP contribution in [0.5, 0.6) is 0 Å². The predicted octanol–water partition coefficient (Wildman–Crippen LogP) is -0.734. The Morgan fingerprint density at radius 3 is 1.67 bits per heavy atom. The van der Waals surface area contributed by atoms with Gasteiger partial charge in [0, 0.05) is 43.8 Å². The van der Waals surface area contributed by atoms with Crippen molar-refractivity contribution in [1.82, 2.24) is 0 Å². The maximum absolute atomic E-state index is 9.00. The van der Waals surface area contributed by atoms with Crippen LogP contribution in [-0.2, 0) is 4.79 Å². The first-order valence-electron chi connectivity index (χ1n) is 0.928. The molecule has 1 radical (unpaired) electrons. The number of hydrogen-bond donors (Lipinski definition) is 1. The third kappa shape index (κ3) is 142. The molecule has 0 spiro atoms. The molecule has 0 saturated heterocycles. The second-order valence-electron chi connectivity index (χ2n) is 0.519. The van der Waals surface area contributed by atoms with E-state index in [0.29, 0.717) is 0 Å². The zero-order valence-corrected chi connectivity index (χ0v) is 4.91. The smallest absolute Gasteiger partial charge is 0.300 e. The molecular formula is C2H6O3Tm. The van der Waals surface area contributed by atoms with Gasteiger partial charge >= 0.3 is 0 Å². The summed E-state index contributed by atoms with van der Waals surface area (Å²) < 4.78 is 0. The number of hydrogen-bond acceptors (Lipinski definition) is 1. The molecule has 0 aromatic carbocycles. The predicted molar refractivity (Wildman–Crippen MR) is 16.9 cm³/mol. The van der Waals surface area contributed by atoms with Crippen LogP contribution in [0.3, 0.4) is 0 Å². The Hall–Kier alpha value is 0.664. The second kappa shape index (κ2) is 9.18. The van der Waals surface area contributed by atoms with Crippen LogP contribution in [0, 0.1) is 36.9 Å². The summed E-state index contributed by atoms with van der Waals surface area (Å²) in [4.78, 5) is 9.00. The van der Waals surface area contributed by atoms with E-state index in [9.17, 15) is 0 Å². The first-order valence-corrected chi connectivity index (χ1v) is 0.928. The minimum absolute atomic E-state index is 0. The fraction of sp³-hybridized carbons (Fsp3) is 0.500. The van der Waals surface area contributed by atoms with Crippen molar-refractivity contribution >= 4 is 5.97 Å². The number of aliphatic carboxylic acids is 1. The van der Waals surface area contributed by atoms with Gasteiger partial charge < -0.3 is 10.6 Å². The summed E-state index contributed by atoms with van der Waals surface area (Å²) in [5, 5.41) is 7.42. The van der Waals surface area contributed by atoms with Crippen molar-refractivity contribution in [2.24, 2.45) is 0 Å². The number of carboxylic acid groups (broad SMARTS) is 1. The van der Waals surface area contributed by atoms with E-state index in [1.807, 2.05) is 0 Å². The van der Waals surface area contributed by atoms with E-state index < -0.39 is 5.97 Å². The van der Waals surface area contributed by atoms with Crippen LogP contribution >= 0.6 is 0 Å². The third-order valence-corrected chi connectivity index (χ3v) is 0. The number of carboxylic acids is 1. The van der Waals surface area contributed by atoms with Crippen LogP contribution in [0.1, 0.15) is 6.92 Å². The number of carbonyl (C=O) groups is 1. The zero-order chi connectivity index (χ0) is 3.58. The first kappa shape index (κ1) is 15.9. The van der Waals surface area contributed by atoms with Gasteiger partial charge in [0.2, 0.25) is 0 Å². The summed E-state index contributed by atoms with van der Waals surface area (Å²) in [6.45, 7) is 1.08. The molecule has 0 aliphatic carbocycles. The zero-order valence-electron chi connectivity index (χ0n) is 3.13. The SMILES string of the molecule is CC(=O)O.O.[Tm]. The van der Waals surface area contributed by atoms with Crippen LogP contribution < -0.4 is 0 Å². The van der Waals surface area contributed by atoms with Gasteiger partial charge in [0.05, 0.1) is 0 Å². The van der Waals surface area contributed by atoms with Gasteiger partial charge in [-0.1, -0.05) is 0 Å². The van der Waals surface area contributed by atoms with Crippen molar-refractivity contribution in [1.29, 1.82) is 0 Å². The Kier molecular flexibility index (Phi) is 24.4. The average Bonchev–Trinajstić information content (AvgIpc) is 0.811. The standard InChI is InChI=1S/C2H4O2.H2O.Tm/c1-2(3)4;;/h1H3,(H,3,4);1H2;. The fourth-order valence-corrected chi connectivity index (χ4v) is 0. The van der Waals surface area contributed by atoms with E-state index in [2.05, 4.69) is 0 Å². The Balaban J connectivity index is -0.0000000450. The Morgan fingerprint density at radius 1 is 1.67 bits per heavy atom. The normalized spacial score (nSPS) is 4.17. The maximum atomic E-state index is 9.00. The molecule has 0 fully saturated rings. The molecule has 6 heavy (non-hydrogen) atoms. The molecule has 0 atom stereocenters. The maximum Gasteiger partial charge on any atom is 0.300 e. The molecule has 0 unspecified atom stereocenters. The van der Waals surface area contributed by atoms with Crippen molar-refractivity contribution < 1.29 is 52.3 Å². The van der Waals surface area contributed by atoms with Crippen LogP contribution in [0.2, 0.25) is 0 Å². The largest absolute Gasteiger partial charge is 0.481 e. The molecule has 45 valence electrons. The van der Waals surface area contributed by atoms with Crippen LogP contribution in [-0.4, -0.2) is 16.6 Å². The summed E-state index contributed by atoms with van der Waals surface area (Å²) in [7, 11) is 0. The van der Waals surface area contributed by atoms with Crippen molar-refractivity contribution in [3.63, 3.8) is 0 Å². The molecule has 3 N–H and O–H groups in total. The minimum Gasteiger partial charge on any atom is -0.481 e. The van der Waals surface area contributed by atoms with Crippen molar-refractivity contribution in [2.45, 2.75) is 6.92 Å². The minimum atomic E-state index is -0.833. The van der Waals surface area contributed by atoms with E-state index in [1.54, 1.807) is 0 Å². The fourth-order valence-electron chi connectivity index (χ4n) is 0. The molecule has 0 heterocycles. The van der Waals surface area contributed by atoms with E-state index in [1.165, 1.54) is 0 Å². The molecule has 0 aliphatic rings. The Bertz CT molecular complexity index is 31.8. The van der Waals surface area contributed by atoms with E-state index >= 15 is 0 Å². The summed E-state index contributed by atoms with van der Waals surface area (Å²) in [6, 6.07) is 0. The van der Waals surface area contributed by atoms with Gasteiger partial charge in [-0.05, 0) is 0 Å². The topological polar surface area (TPSA) is 68.8 Å². The van der Waals surface area contributed by atoms with E-state index in [-0.39, 0.29) is 42.4 Å². The molecule has 0 rings (SSSR count). The molecular weight excluding hydrogens is 241 g/mol. The van der Waals surface area contributed by atoms with Gasteiger partial charge in [-0.2, -0.15) is 0 Å². The number of rotatable bonds is 0. The van der Waals surface area contributed by atoms with Gasteiger partial charge in [0.1, 0.15) is 0 Å². The monoisotopic (exact) mass is 247 g/mol. The van der Waals surface area contributed by atoms with E-state index in [4.69, 9.17) is 9.90 Å². The van der Waals surface area contributed by atoms with Gasteiger partial charge in [0.25, 0.3) is 5.97 Å². The second-order valence-corrected chi connectivity index (χ2v) is 0.519. The van der Waals surface area contributed by atoms with Gasteiger partial charge in [-0.15, -0.1) is 0 Å². The van der Waals surface area contributed by atoms with Gasteiger partial charge in [-0.25, -0.2) is 0 Å². The average molecular weight is 247 g/mol. The Morgan fingerprint density at radius 2 is 1.67 bits per heavy atom. The Labute approximate surface area is 64.8 Å². The van der Waals surface area contributed by atoms with E-state index in [0.717, 1.165) is 6.92 Å². The van der Waals surface area contributed by atoms with Crippen molar-refractivity contribution in [3.8, 4) is 0 Å². The first-order chi connectivity index (χ1) is 1.73. The summed E-state index contributed by atoms with van der Waals surface area (Å²) >= 11 is 0. The third-order valence-electron chi connectivity index (χ3n) is 0.